The first-order valence-corrected chi connectivity index (χ1v) is 8.30. The van der Waals surface area contributed by atoms with Crippen LogP contribution in [0.2, 0.25) is 0 Å². The summed E-state index contributed by atoms with van der Waals surface area (Å²) in [4.78, 5) is 0. The van der Waals surface area contributed by atoms with E-state index in [1.807, 2.05) is 12.1 Å². The van der Waals surface area contributed by atoms with E-state index < -0.39 is 0 Å². The van der Waals surface area contributed by atoms with Gasteiger partial charge in [-0.3, -0.25) is 11.3 Å². The Balaban J connectivity index is 1.91. The molecule has 2 rings (SSSR count). The van der Waals surface area contributed by atoms with Gasteiger partial charge in [-0.15, -0.1) is 0 Å². The molecule has 3 nitrogen and oxygen atoms in total. The minimum atomic E-state index is 0.332. The molecule has 0 radical (unpaired) electrons. The number of hydrogen-bond donors (Lipinski definition) is 2. The first-order chi connectivity index (χ1) is 9.72. The van der Waals surface area contributed by atoms with Crippen molar-refractivity contribution < 1.29 is 4.74 Å². The maximum atomic E-state index is 5.73. The van der Waals surface area contributed by atoms with Crippen LogP contribution in [0, 0.1) is 5.92 Å². The maximum Gasteiger partial charge on any atom is 0.119 e. The largest absolute Gasteiger partial charge is 0.497 e. The predicted molar refractivity (Wildman–Crippen MR) is 86.7 cm³/mol. The highest BCUT2D eigenvalue weighted by Gasteiger charge is 2.18. The molecule has 0 heterocycles. The number of nitrogens with one attached hydrogen (secondary N) is 1. The lowest BCUT2D eigenvalue weighted by atomic mass is 9.95. The molecule has 1 aliphatic rings. The molecule has 0 bridgehead atoms. The molecule has 4 heteroatoms. The van der Waals surface area contributed by atoms with Gasteiger partial charge >= 0.3 is 0 Å². The minimum absolute atomic E-state index is 0.332. The van der Waals surface area contributed by atoms with Crippen molar-refractivity contribution in [1.82, 2.24) is 5.43 Å². The van der Waals surface area contributed by atoms with Crippen LogP contribution in [0.15, 0.2) is 22.7 Å². The smallest absolute Gasteiger partial charge is 0.119 e. The predicted octanol–water partition coefficient (Wildman–Crippen LogP) is 3.80. The van der Waals surface area contributed by atoms with E-state index in [1.54, 1.807) is 7.11 Å². The van der Waals surface area contributed by atoms with Crippen LogP contribution in [0.1, 0.15) is 44.1 Å². The topological polar surface area (TPSA) is 47.3 Å². The fraction of sp³-hybridized carbons (Fsp3) is 0.625. The van der Waals surface area contributed by atoms with Crippen molar-refractivity contribution >= 4 is 15.9 Å². The molecule has 1 fully saturated rings. The van der Waals surface area contributed by atoms with Gasteiger partial charge in [0.25, 0.3) is 0 Å². The van der Waals surface area contributed by atoms with E-state index in [4.69, 9.17) is 10.6 Å². The molecule has 1 saturated carbocycles. The van der Waals surface area contributed by atoms with Crippen LogP contribution in [0.4, 0.5) is 0 Å². The van der Waals surface area contributed by atoms with Gasteiger partial charge in [0.05, 0.1) is 7.11 Å². The van der Waals surface area contributed by atoms with E-state index in [9.17, 15) is 0 Å². The fourth-order valence-corrected chi connectivity index (χ4v) is 3.49. The molecule has 20 heavy (non-hydrogen) atoms. The Kier molecular flexibility index (Phi) is 6.33. The van der Waals surface area contributed by atoms with Crippen molar-refractivity contribution in [2.75, 3.05) is 7.11 Å². The molecule has 1 aliphatic carbocycles. The van der Waals surface area contributed by atoms with Gasteiger partial charge in [-0.05, 0) is 48.9 Å². The summed E-state index contributed by atoms with van der Waals surface area (Å²) >= 11 is 3.61. The molecule has 1 atom stereocenters. The summed E-state index contributed by atoms with van der Waals surface area (Å²) < 4.78 is 6.42. The zero-order chi connectivity index (χ0) is 14.4. The highest BCUT2D eigenvalue weighted by molar-refractivity contribution is 9.10. The Morgan fingerprint density at radius 3 is 2.80 bits per heavy atom. The summed E-state index contributed by atoms with van der Waals surface area (Å²) in [5.41, 5.74) is 4.23. The number of hydrogen-bond acceptors (Lipinski definition) is 3. The number of hydrazine groups is 1. The number of rotatable bonds is 7. The molecule has 0 saturated heterocycles. The van der Waals surface area contributed by atoms with Gasteiger partial charge in [-0.25, -0.2) is 0 Å². The third-order valence-electron chi connectivity index (χ3n) is 4.35. The monoisotopic (exact) mass is 340 g/mol. The first kappa shape index (κ1) is 15.8. The summed E-state index contributed by atoms with van der Waals surface area (Å²) in [6, 6.07) is 6.43. The van der Waals surface area contributed by atoms with Crippen molar-refractivity contribution in [3.05, 3.63) is 28.2 Å². The highest BCUT2D eigenvalue weighted by atomic mass is 79.9. The van der Waals surface area contributed by atoms with Crippen LogP contribution in [0.3, 0.4) is 0 Å². The maximum absolute atomic E-state index is 5.73. The van der Waals surface area contributed by atoms with Crippen molar-refractivity contribution in [3.63, 3.8) is 0 Å². The zero-order valence-corrected chi connectivity index (χ0v) is 13.8. The average Bonchev–Trinajstić information content (AvgIpc) is 2.98. The number of benzene rings is 1. The third kappa shape index (κ3) is 4.47. The van der Waals surface area contributed by atoms with E-state index in [2.05, 4.69) is 27.4 Å². The summed E-state index contributed by atoms with van der Waals surface area (Å²) in [6.07, 6.45) is 8.99. The molecule has 0 aromatic heterocycles. The standard InChI is InChI=1S/C16H25BrN2O/c1-20-15-8-9-16(17)13(11-15)10-14(19-18)7-6-12-4-2-3-5-12/h8-9,11-12,14,19H,2-7,10,18H2,1H3. The Morgan fingerprint density at radius 1 is 1.40 bits per heavy atom. The van der Waals surface area contributed by atoms with Crippen LogP contribution in [-0.4, -0.2) is 13.2 Å². The third-order valence-corrected chi connectivity index (χ3v) is 5.13. The molecule has 1 unspecified atom stereocenters. The molecule has 3 N–H and O–H groups in total. The van der Waals surface area contributed by atoms with E-state index in [0.29, 0.717) is 6.04 Å². The Morgan fingerprint density at radius 2 is 2.15 bits per heavy atom. The number of ether oxygens (including phenoxy) is 1. The number of methoxy groups -OCH3 is 1. The molecule has 0 spiro atoms. The molecule has 0 aliphatic heterocycles. The molecule has 1 aromatic rings. The van der Waals surface area contributed by atoms with Gasteiger partial charge in [0.15, 0.2) is 0 Å². The van der Waals surface area contributed by atoms with Crippen molar-refractivity contribution in [3.8, 4) is 5.75 Å². The lowest BCUT2D eigenvalue weighted by Crippen LogP contribution is -2.37. The second kappa shape index (κ2) is 8.01. The van der Waals surface area contributed by atoms with E-state index >= 15 is 0 Å². The van der Waals surface area contributed by atoms with Crippen LogP contribution >= 0.6 is 15.9 Å². The van der Waals surface area contributed by atoms with Crippen LogP contribution in [0.25, 0.3) is 0 Å². The highest BCUT2D eigenvalue weighted by Crippen LogP contribution is 2.30. The number of nitrogens with two attached hydrogens (primary N) is 1. The summed E-state index contributed by atoms with van der Waals surface area (Å²) in [5, 5.41) is 0. The molecular weight excluding hydrogens is 316 g/mol. The Labute approximate surface area is 130 Å². The fourth-order valence-electron chi connectivity index (χ4n) is 3.08. The van der Waals surface area contributed by atoms with Gasteiger partial charge < -0.3 is 4.74 Å². The van der Waals surface area contributed by atoms with Crippen LogP contribution in [-0.2, 0) is 6.42 Å². The van der Waals surface area contributed by atoms with Gasteiger partial charge in [0, 0.05) is 10.5 Å². The second-order valence-electron chi connectivity index (χ2n) is 5.75. The summed E-state index contributed by atoms with van der Waals surface area (Å²) in [7, 11) is 1.70. The lowest BCUT2D eigenvalue weighted by molar-refractivity contribution is 0.402. The molecular formula is C16H25BrN2O. The van der Waals surface area contributed by atoms with Crippen LogP contribution in [0.5, 0.6) is 5.75 Å². The Bertz CT molecular complexity index is 419. The quantitative estimate of drug-likeness (QED) is 0.586. The normalized spacial score (nSPS) is 17.4. The van der Waals surface area contributed by atoms with E-state index in [1.165, 1.54) is 37.7 Å². The van der Waals surface area contributed by atoms with Gasteiger partial charge in [-0.1, -0.05) is 41.6 Å². The van der Waals surface area contributed by atoms with Crippen molar-refractivity contribution in [2.45, 2.75) is 51.0 Å². The Hall–Kier alpha value is -0.580. The number of halogens is 1. The lowest BCUT2D eigenvalue weighted by Gasteiger charge is -2.19. The summed E-state index contributed by atoms with van der Waals surface area (Å²) in [5.74, 6) is 7.54. The summed E-state index contributed by atoms with van der Waals surface area (Å²) in [6.45, 7) is 0. The van der Waals surface area contributed by atoms with Gasteiger partial charge in [-0.2, -0.15) is 0 Å². The second-order valence-corrected chi connectivity index (χ2v) is 6.61. The zero-order valence-electron chi connectivity index (χ0n) is 12.2. The minimum Gasteiger partial charge on any atom is -0.497 e. The molecule has 1 aromatic carbocycles. The van der Waals surface area contributed by atoms with Gasteiger partial charge in [0.1, 0.15) is 5.75 Å². The van der Waals surface area contributed by atoms with E-state index in [-0.39, 0.29) is 0 Å². The average molecular weight is 341 g/mol. The van der Waals surface area contributed by atoms with Crippen LogP contribution < -0.4 is 16.0 Å². The van der Waals surface area contributed by atoms with Crippen molar-refractivity contribution in [1.29, 1.82) is 0 Å². The van der Waals surface area contributed by atoms with E-state index in [0.717, 1.165) is 29.0 Å². The van der Waals surface area contributed by atoms with Crippen molar-refractivity contribution in [2.24, 2.45) is 11.8 Å². The van der Waals surface area contributed by atoms with Gasteiger partial charge in [0.2, 0.25) is 0 Å². The first-order valence-electron chi connectivity index (χ1n) is 7.51. The molecule has 0 amide bonds. The molecule has 112 valence electrons. The SMILES string of the molecule is COc1ccc(Br)c(CC(CCC2CCCC2)NN)c1.